The lowest BCUT2D eigenvalue weighted by atomic mass is 10.1. The topological polar surface area (TPSA) is 86.8 Å². The van der Waals surface area contributed by atoms with Gasteiger partial charge in [-0.3, -0.25) is 13.9 Å². The highest BCUT2D eigenvalue weighted by molar-refractivity contribution is 7.92. The summed E-state index contributed by atoms with van der Waals surface area (Å²) < 4.78 is 26.1. The van der Waals surface area contributed by atoms with Crippen LogP contribution in [0.1, 0.15) is 57.4 Å². The monoisotopic (exact) mass is 533 g/mol. The van der Waals surface area contributed by atoms with E-state index in [-0.39, 0.29) is 30.8 Å². The molecule has 0 spiro atoms. The van der Waals surface area contributed by atoms with Gasteiger partial charge in [0, 0.05) is 30.6 Å². The molecule has 2 aromatic carbocycles. The Hall–Kier alpha value is -2.58. The highest BCUT2D eigenvalue weighted by Gasteiger charge is 2.30. The number of amides is 2. The number of halogens is 1. The smallest absolute Gasteiger partial charge is 0.243 e. The number of anilines is 1. The second kappa shape index (κ2) is 13.1. The maximum Gasteiger partial charge on any atom is 0.243 e. The van der Waals surface area contributed by atoms with Crippen molar-refractivity contribution in [1.29, 1.82) is 0 Å². The lowest BCUT2D eigenvalue weighted by Crippen LogP contribution is -2.51. The van der Waals surface area contributed by atoms with Crippen LogP contribution < -0.4 is 9.62 Å². The van der Waals surface area contributed by atoms with E-state index in [1.807, 2.05) is 37.3 Å². The van der Waals surface area contributed by atoms with Gasteiger partial charge in [0.25, 0.3) is 0 Å². The molecule has 1 atom stereocenters. The summed E-state index contributed by atoms with van der Waals surface area (Å²) in [5.74, 6) is -0.288. The lowest BCUT2D eigenvalue weighted by molar-refractivity contribution is -0.141. The van der Waals surface area contributed by atoms with E-state index in [4.69, 9.17) is 11.6 Å². The first-order valence-corrected chi connectivity index (χ1v) is 14.8. The molecule has 2 amide bonds. The molecule has 0 bridgehead atoms. The maximum atomic E-state index is 13.5. The van der Waals surface area contributed by atoms with Gasteiger partial charge in [0.15, 0.2) is 0 Å². The van der Waals surface area contributed by atoms with Gasteiger partial charge in [0.2, 0.25) is 21.8 Å². The minimum atomic E-state index is -3.54. The second-order valence-corrected chi connectivity index (χ2v) is 11.7. The van der Waals surface area contributed by atoms with Crippen molar-refractivity contribution in [3.63, 3.8) is 0 Å². The molecule has 1 saturated carbocycles. The molecule has 7 nitrogen and oxygen atoms in total. The summed E-state index contributed by atoms with van der Waals surface area (Å²) in [6.07, 6.45) is 6.25. The normalized spacial score (nSPS) is 14.9. The third-order valence-corrected chi connectivity index (χ3v) is 8.00. The number of carbonyl (C=O) groups excluding carboxylic acids is 2. The molecule has 0 radical (unpaired) electrons. The first-order chi connectivity index (χ1) is 17.2. The van der Waals surface area contributed by atoms with Crippen LogP contribution in [-0.4, -0.2) is 50.0 Å². The molecule has 0 aromatic heterocycles. The second-order valence-electron chi connectivity index (χ2n) is 9.34. The number of rotatable bonds is 12. The van der Waals surface area contributed by atoms with Crippen LogP contribution in [0.4, 0.5) is 5.69 Å². The van der Waals surface area contributed by atoms with Crippen LogP contribution in [0.3, 0.4) is 0 Å². The van der Waals surface area contributed by atoms with Gasteiger partial charge < -0.3 is 10.2 Å². The van der Waals surface area contributed by atoms with Crippen LogP contribution in [0.25, 0.3) is 0 Å². The van der Waals surface area contributed by atoms with Crippen molar-refractivity contribution in [3.8, 4) is 0 Å². The molecule has 196 valence electrons. The Morgan fingerprint density at radius 3 is 2.28 bits per heavy atom. The fraction of sp³-hybridized carbons (Fsp3) is 0.481. The quantitative estimate of drug-likeness (QED) is 0.426. The van der Waals surface area contributed by atoms with E-state index in [1.54, 1.807) is 29.2 Å². The van der Waals surface area contributed by atoms with Crippen LogP contribution >= 0.6 is 11.6 Å². The number of benzene rings is 2. The fourth-order valence-electron chi connectivity index (χ4n) is 4.68. The number of hydrogen-bond donors (Lipinski definition) is 1. The van der Waals surface area contributed by atoms with E-state index in [9.17, 15) is 18.0 Å². The van der Waals surface area contributed by atoms with E-state index >= 15 is 0 Å². The Balaban J connectivity index is 1.72. The highest BCUT2D eigenvalue weighted by atomic mass is 35.5. The average molecular weight is 534 g/mol. The van der Waals surface area contributed by atoms with Gasteiger partial charge >= 0.3 is 0 Å². The lowest BCUT2D eigenvalue weighted by Gasteiger charge is -2.32. The number of nitrogens with zero attached hydrogens (tertiary/aromatic N) is 2. The summed E-state index contributed by atoms with van der Waals surface area (Å²) in [5, 5.41) is 3.65. The van der Waals surface area contributed by atoms with Crippen molar-refractivity contribution in [2.24, 2.45) is 0 Å². The molecule has 0 heterocycles. The van der Waals surface area contributed by atoms with Crippen LogP contribution in [-0.2, 0) is 26.2 Å². The minimum absolute atomic E-state index is 0.118. The Labute approximate surface area is 219 Å². The Morgan fingerprint density at radius 2 is 1.69 bits per heavy atom. The molecule has 1 aliphatic rings. The summed E-state index contributed by atoms with van der Waals surface area (Å²) in [7, 11) is -3.54. The van der Waals surface area contributed by atoms with Crippen molar-refractivity contribution >= 4 is 39.1 Å². The van der Waals surface area contributed by atoms with Gasteiger partial charge in [-0.05, 0) is 55.5 Å². The van der Waals surface area contributed by atoms with E-state index in [0.29, 0.717) is 30.1 Å². The SMILES string of the molecule is CC[C@@H](C(=O)NC1CCCC1)N(Cc1ccccc1)C(=O)CCCN(c1ccc(Cl)cc1)S(C)(=O)=O. The van der Waals surface area contributed by atoms with Gasteiger partial charge in [0.05, 0.1) is 11.9 Å². The van der Waals surface area contributed by atoms with Crippen molar-refractivity contribution in [2.75, 3.05) is 17.1 Å². The van der Waals surface area contributed by atoms with E-state index in [2.05, 4.69) is 5.32 Å². The van der Waals surface area contributed by atoms with E-state index < -0.39 is 16.1 Å². The van der Waals surface area contributed by atoms with Crippen molar-refractivity contribution in [1.82, 2.24) is 10.2 Å². The summed E-state index contributed by atoms with van der Waals surface area (Å²) >= 11 is 5.95. The van der Waals surface area contributed by atoms with Crippen LogP contribution in [0.15, 0.2) is 54.6 Å². The van der Waals surface area contributed by atoms with Crippen LogP contribution in [0.2, 0.25) is 5.02 Å². The zero-order chi connectivity index (χ0) is 26.1. The summed E-state index contributed by atoms with van der Waals surface area (Å²) in [5.41, 5.74) is 1.44. The largest absolute Gasteiger partial charge is 0.352 e. The molecule has 3 rings (SSSR count). The molecule has 0 saturated heterocycles. The summed E-state index contributed by atoms with van der Waals surface area (Å²) in [6, 6.07) is 15.8. The molecule has 0 aliphatic heterocycles. The maximum absolute atomic E-state index is 13.5. The van der Waals surface area contributed by atoms with E-state index in [1.165, 1.54) is 4.31 Å². The molecule has 9 heteroatoms. The molecular formula is C27H36ClN3O4S. The standard InChI is InChI=1S/C27H36ClN3O4S/c1-3-25(27(33)29-23-12-7-8-13-23)30(20-21-10-5-4-6-11-21)26(32)14-9-19-31(36(2,34)35)24-17-15-22(28)16-18-24/h4-6,10-11,15-18,23,25H,3,7-9,12-14,19-20H2,1-2H3,(H,29,33)/t25-/m0/s1. The molecular weight excluding hydrogens is 498 g/mol. The minimum Gasteiger partial charge on any atom is -0.352 e. The summed E-state index contributed by atoms with van der Waals surface area (Å²) in [6.45, 7) is 2.38. The van der Waals surface area contributed by atoms with Gasteiger partial charge in [0.1, 0.15) is 6.04 Å². The predicted molar refractivity (Wildman–Crippen MR) is 144 cm³/mol. The van der Waals surface area contributed by atoms with Crippen molar-refractivity contribution in [3.05, 3.63) is 65.2 Å². The molecule has 1 aliphatic carbocycles. The number of sulfonamides is 1. The fourth-order valence-corrected chi connectivity index (χ4v) is 5.77. The molecule has 36 heavy (non-hydrogen) atoms. The Morgan fingerprint density at radius 1 is 1.06 bits per heavy atom. The highest BCUT2D eigenvalue weighted by Crippen LogP contribution is 2.22. The number of hydrogen-bond acceptors (Lipinski definition) is 4. The van der Waals surface area contributed by atoms with Gasteiger partial charge in [-0.1, -0.05) is 61.7 Å². The molecule has 1 N–H and O–H groups in total. The van der Waals surface area contributed by atoms with Gasteiger partial charge in [-0.25, -0.2) is 8.42 Å². The first-order valence-electron chi connectivity index (χ1n) is 12.6. The zero-order valence-corrected chi connectivity index (χ0v) is 22.6. The first kappa shape index (κ1) is 28.0. The molecule has 0 unspecified atom stereocenters. The number of carbonyl (C=O) groups is 2. The average Bonchev–Trinajstić information content (AvgIpc) is 3.35. The van der Waals surface area contributed by atoms with Gasteiger partial charge in [-0.15, -0.1) is 0 Å². The predicted octanol–water partition coefficient (Wildman–Crippen LogP) is 4.75. The molecule has 1 fully saturated rings. The zero-order valence-electron chi connectivity index (χ0n) is 21.0. The molecule has 2 aromatic rings. The Bertz CT molecular complexity index is 1100. The third-order valence-electron chi connectivity index (χ3n) is 6.55. The number of nitrogens with one attached hydrogen (secondary N) is 1. The van der Waals surface area contributed by atoms with Crippen molar-refractivity contribution in [2.45, 2.75) is 70.5 Å². The van der Waals surface area contributed by atoms with Crippen molar-refractivity contribution < 1.29 is 18.0 Å². The third kappa shape index (κ3) is 7.96. The van der Waals surface area contributed by atoms with E-state index in [0.717, 1.165) is 37.5 Å². The Kier molecular flexibility index (Phi) is 10.2. The van der Waals surface area contributed by atoms with Crippen LogP contribution in [0.5, 0.6) is 0 Å². The van der Waals surface area contributed by atoms with Gasteiger partial charge in [-0.2, -0.15) is 0 Å². The van der Waals surface area contributed by atoms with Crippen LogP contribution in [0, 0.1) is 0 Å². The summed E-state index contributed by atoms with van der Waals surface area (Å²) in [4.78, 5) is 28.3.